The Morgan fingerprint density at radius 3 is 2.15 bits per heavy atom. The first kappa shape index (κ1) is 28.5. The summed E-state index contributed by atoms with van der Waals surface area (Å²) in [6.45, 7) is 2.20. The van der Waals surface area contributed by atoms with Crippen LogP contribution in [-0.2, 0) is 32.1 Å². The van der Waals surface area contributed by atoms with E-state index in [2.05, 4.69) is 21.6 Å². The van der Waals surface area contributed by atoms with Gasteiger partial charge in [0, 0.05) is 24.2 Å². The van der Waals surface area contributed by atoms with E-state index in [4.69, 9.17) is 0 Å². The molecule has 0 fully saturated rings. The minimum Gasteiger partial charge on any atom is -0.403 e. The molecule has 8 heteroatoms. The van der Waals surface area contributed by atoms with E-state index >= 15 is 4.39 Å². The van der Waals surface area contributed by atoms with Crippen molar-refractivity contribution in [2.24, 2.45) is 0 Å². The second kappa shape index (κ2) is 13.0. The van der Waals surface area contributed by atoms with Gasteiger partial charge in [0.15, 0.2) is 11.6 Å². The van der Waals surface area contributed by atoms with Gasteiger partial charge in [-0.3, -0.25) is 0 Å². The van der Waals surface area contributed by atoms with Crippen molar-refractivity contribution in [3.63, 3.8) is 0 Å². The fraction of sp³-hybridized carbons (Fsp3) is 0.355. The van der Waals surface area contributed by atoms with Gasteiger partial charge in [-0.1, -0.05) is 62.6 Å². The summed E-state index contributed by atoms with van der Waals surface area (Å²) in [6, 6.07) is 12.4. The smallest absolute Gasteiger partial charge is 0.403 e. The molecule has 0 unspecified atom stereocenters. The van der Waals surface area contributed by atoms with E-state index < -0.39 is 17.9 Å². The first-order valence-electron chi connectivity index (χ1n) is 13.3. The van der Waals surface area contributed by atoms with E-state index in [0.29, 0.717) is 22.9 Å². The molecule has 0 amide bonds. The van der Waals surface area contributed by atoms with Crippen molar-refractivity contribution in [1.82, 2.24) is 9.97 Å². The third kappa shape index (κ3) is 8.22. The molecule has 0 saturated carbocycles. The third-order valence-corrected chi connectivity index (χ3v) is 6.72. The van der Waals surface area contributed by atoms with Crippen molar-refractivity contribution in [3.05, 3.63) is 101 Å². The molecule has 0 atom stereocenters. The number of rotatable bonds is 12. The summed E-state index contributed by atoms with van der Waals surface area (Å²) in [4.78, 5) is 9.00. The van der Waals surface area contributed by atoms with Gasteiger partial charge in [-0.05, 0) is 71.9 Å². The van der Waals surface area contributed by atoms with Crippen LogP contribution in [0.2, 0.25) is 0 Å². The summed E-state index contributed by atoms with van der Waals surface area (Å²) >= 11 is 0. The van der Waals surface area contributed by atoms with Crippen molar-refractivity contribution in [1.29, 1.82) is 0 Å². The van der Waals surface area contributed by atoms with Crippen molar-refractivity contribution in [2.75, 3.05) is 0 Å². The average molecular weight is 543 g/mol. The van der Waals surface area contributed by atoms with Gasteiger partial charge >= 0.3 is 6.36 Å². The summed E-state index contributed by atoms with van der Waals surface area (Å²) in [7, 11) is 0. The Labute approximate surface area is 225 Å². The van der Waals surface area contributed by atoms with Crippen molar-refractivity contribution in [2.45, 2.75) is 71.1 Å². The second-order valence-electron chi connectivity index (χ2n) is 9.72. The molecule has 1 aromatic heterocycles. The van der Waals surface area contributed by atoms with Gasteiger partial charge in [0.1, 0.15) is 11.6 Å². The standard InChI is InChI=1S/C31H31F5N2O/c1-2-3-4-5-6-23-19-37-29(38-20-23)16-10-21-8-14-26-25(17-21)13-12-24(30(26)33)11-7-22-9-15-28(27(32)18-22)39-31(34,35)36/h8-9,12-15,17-20H,2-7,10-11,16H2,1H3. The number of hydrogen-bond acceptors (Lipinski definition) is 3. The van der Waals surface area contributed by atoms with Crippen molar-refractivity contribution >= 4 is 10.8 Å². The molecule has 0 radical (unpaired) electrons. The van der Waals surface area contributed by atoms with Crippen molar-refractivity contribution < 1.29 is 26.7 Å². The SMILES string of the molecule is CCCCCCc1cnc(CCc2ccc3c(F)c(CCc4ccc(OC(F)(F)F)c(F)c4)ccc3c2)nc1. The normalized spacial score (nSPS) is 11.7. The van der Waals surface area contributed by atoms with Crippen LogP contribution in [0.5, 0.6) is 5.75 Å². The monoisotopic (exact) mass is 542 g/mol. The molecule has 1 heterocycles. The summed E-state index contributed by atoms with van der Waals surface area (Å²) in [5, 5.41) is 1.26. The molecule has 39 heavy (non-hydrogen) atoms. The molecular formula is C31H31F5N2O. The minimum atomic E-state index is -4.97. The van der Waals surface area contributed by atoms with E-state index in [1.54, 1.807) is 12.1 Å². The van der Waals surface area contributed by atoms with Crippen LogP contribution < -0.4 is 4.74 Å². The highest BCUT2D eigenvalue weighted by Crippen LogP contribution is 2.28. The maximum atomic E-state index is 15.2. The van der Waals surface area contributed by atoms with Gasteiger partial charge in [0.2, 0.25) is 0 Å². The summed E-state index contributed by atoms with van der Waals surface area (Å²) in [6.07, 6.45) is 6.63. The topological polar surface area (TPSA) is 35.0 Å². The molecule has 0 saturated heterocycles. The first-order chi connectivity index (χ1) is 18.7. The molecule has 4 rings (SSSR count). The predicted molar refractivity (Wildman–Crippen MR) is 142 cm³/mol. The number of fused-ring (bicyclic) bond motifs is 1. The largest absolute Gasteiger partial charge is 0.573 e. The van der Waals surface area contributed by atoms with E-state index in [1.807, 2.05) is 30.6 Å². The minimum absolute atomic E-state index is 0.265. The van der Waals surface area contributed by atoms with Crippen LogP contribution >= 0.6 is 0 Å². The summed E-state index contributed by atoms with van der Waals surface area (Å²) in [5.41, 5.74) is 3.11. The van der Waals surface area contributed by atoms with Crippen LogP contribution in [-0.4, -0.2) is 16.3 Å². The number of aryl methyl sites for hydroxylation is 5. The highest BCUT2D eigenvalue weighted by Gasteiger charge is 2.32. The number of nitrogens with zero attached hydrogens (tertiary/aromatic N) is 2. The zero-order valence-corrected chi connectivity index (χ0v) is 21.8. The highest BCUT2D eigenvalue weighted by atomic mass is 19.4. The number of benzene rings is 3. The molecular weight excluding hydrogens is 511 g/mol. The number of aromatic nitrogens is 2. The molecule has 0 aliphatic rings. The number of halogens is 5. The highest BCUT2D eigenvalue weighted by molar-refractivity contribution is 5.84. The van der Waals surface area contributed by atoms with Crippen LogP contribution in [0.25, 0.3) is 10.8 Å². The Kier molecular flexibility index (Phi) is 9.49. The van der Waals surface area contributed by atoms with Crippen molar-refractivity contribution in [3.8, 4) is 5.75 Å². The van der Waals surface area contributed by atoms with E-state index in [9.17, 15) is 17.6 Å². The molecule has 0 spiro atoms. The number of hydrogen-bond donors (Lipinski definition) is 0. The van der Waals surface area contributed by atoms with Crippen LogP contribution in [0.4, 0.5) is 22.0 Å². The molecule has 3 aromatic carbocycles. The Balaban J connectivity index is 1.34. The molecule has 0 aliphatic carbocycles. The zero-order chi connectivity index (χ0) is 27.8. The summed E-state index contributed by atoms with van der Waals surface area (Å²) < 4.78 is 69.9. The maximum absolute atomic E-state index is 15.2. The molecule has 3 nitrogen and oxygen atoms in total. The van der Waals surface area contributed by atoms with E-state index in [-0.39, 0.29) is 18.7 Å². The summed E-state index contributed by atoms with van der Waals surface area (Å²) in [5.74, 6) is -1.57. The lowest BCUT2D eigenvalue weighted by Gasteiger charge is -2.11. The first-order valence-corrected chi connectivity index (χ1v) is 13.3. The van der Waals surface area contributed by atoms with Crippen LogP contribution in [0, 0.1) is 11.6 Å². The van der Waals surface area contributed by atoms with Crippen LogP contribution in [0.15, 0.2) is 60.9 Å². The zero-order valence-electron chi connectivity index (χ0n) is 21.8. The Morgan fingerprint density at radius 2 is 1.44 bits per heavy atom. The number of unbranched alkanes of at least 4 members (excludes halogenated alkanes) is 3. The molecule has 0 N–H and O–H groups in total. The third-order valence-electron chi connectivity index (χ3n) is 6.72. The molecule has 4 aromatic rings. The lowest BCUT2D eigenvalue weighted by Crippen LogP contribution is -2.18. The number of ether oxygens (including phenoxy) is 1. The number of alkyl halides is 3. The Hall–Kier alpha value is -3.55. The van der Waals surface area contributed by atoms with E-state index in [0.717, 1.165) is 53.7 Å². The van der Waals surface area contributed by atoms with Crippen LogP contribution in [0.3, 0.4) is 0 Å². The second-order valence-corrected chi connectivity index (χ2v) is 9.72. The lowest BCUT2D eigenvalue weighted by atomic mass is 9.98. The molecule has 206 valence electrons. The van der Waals surface area contributed by atoms with Gasteiger partial charge in [-0.25, -0.2) is 18.7 Å². The molecule has 0 bridgehead atoms. The Bertz CT molecular complexity index is 1390. The maximum Gasteiger partial charge on any atom is 0.573 e. The fourth-order valence-corrected chi connectivity index (χ4v) is 4.57. The van der Waals surface area contributed by atoms with Gasteiger partial charge in [-0.15, -0.1) is 13.2 Å². The van der Waals surface area contributed by atoms with E-state index in [1.165, 1.54) is 25.3 Å². The van der Waals surface area contributed by atoms with Gasteiger partial charge in [0.25, 0.3) is 0 Å². The average Bonchev–Trinajstić information content (AvgIpc) is 2.91. The van der Waals surface area contributed by atoms with Gasteiger partial charge in [-0.2, -0.15) is 0 Å². The Morgan fingerprint density at radius 1 is 0.718 bits per heavy atom. The van der Waals surface area contributed by atoms with Gasteiger partial charge in [0.05, 0.1) is 0 Å². The quantitative estimate of drug-likeness (QED) is 0.133. The van der Waals surface area contributed by atoms with Crippen LogP contribution in [0.1, 0.15) is 60.7 Å². The lowest BCUT2D eigenvalue weighted by molar-refractivity contribution is -0.275. The predicted octanol–water partition coefficient (Wildman–Crippen LogP) is 8.50. The van der Waals surface area contributed by atoms with Gasteiger partial charge < -0.3 is 4.74 Å². The fourth-order valence-electron chi connectivity index (χ4n) is 4.57. The molecule has 0 aliphatic heterocycles.